The average Bonchev–Trinajstić information content (AvgIpc) is 2.87. The SMILES string of the molecule is CNCC1CCCN1c1ccnc(C(=O)NC)c1. The van der Waals surface area contributed by atoms with Crippen molar-refractivity contribution in [3.05, 3.63) is 24.0 Å². The molecule has 1 aromatic rings. The summed E-state index contributed by atoms with van der Waals surface area (Å²) in [4.78, 5) is 18.0. The quantitative estimate of drug-likeness (QED) is 0.820. The van der Waals surface area contributed by atoms with Crippen molar-refractivity contribution in [3.63, 3.8) is 0 Å². The van der Waals surface area contributed by atoms with Gasteiger partial charge in [-0.3, -0.25) is 9.78 Å². The Morgan fingerprint density at radius 3 is 3.11 bits per heavy atom. The zero-order chi connectivity index (χ0) is 13.0. The predicted molar refractivity (Wildman–Crippen MR) is 71.9 cm³/mol. The molecule has 2 rings (SSSR count). The first-order valence-corrected chi connectivity index (χ1v) is 6.35. The molecule has 2 N–H and O–H groups in total. The van der Waals surface area contributed by atoms with Crippen molar-refractivity contribution < 1.29 is 4.79 Å². The summed E-state index contributed by atoms with van der Waals surface area (Å²) in [6.07, 6.45) is 4.09. The number of amides is 1. The largest absolute Gasteiger partial charge is 0.367 e. The number of carbonyl (C=O) groups is 1. The number of hydrogen-bond acceptors (Lipinski definition) is 4. The van der Waals surface area contributed by atoms with Gasteiger partial charge < -0.3 is 15.5 Å². The molecule has 1 unspecified atom stereocenters. The van der Waals surface area contributed by atoms with Crippen LogP contribution in [0, 0.1) is 0 Å². The van der Waals surface area contributed by atoms with Gasteiger partial charge in [-0.05, 0) is 32.0 Å². The van der Waals surface area contributed by atoms with Crippen LogP contribution in [-0.4, -0.2) is 44.1 Å². The molecule has 0 bridgehead atoms. The highest BCUT2D eigenvalue weighted by Gasteiger charge is 2.24. The second-order valence-electron chi connectivity index (χ2n) is 4.53. The Morgan fingerprint density at radius 2 is 2.39 bits per heavy atom. The summed E-state index contributed by atoms with van der Waals surface area (Å²) in [5.41, 5.74) is 1.56. The fraction of sp³-hybridized carbons (Fsp3) is 0.538. The molecule has 1 aromatic heterocycles. The van der Waals surface area contributed by atoms with Gasteiger partial charge in [0.05, 0.1) is 0 Å². The number of aromatic nitrogens is 1. The van der Waals surface area contributed by atoms with E-state index in [-0.39, 0.29) is 5.91 Å². The zero-order valence-corrected chi connectivity index (χ0v) is 10.9. The minimum absolute atomic E-state index is 0.138. The van der Waals surface area contributed by atoms with Crippen LogP contribution >= 0.6 is 0 Å². The number of carbonyl (C=O) groups excluding carboxylic acids is 1. The fourth-order valence-corrected chi connectivity index (χ4v) is 2.47. The summed E-state index contributed by atoms with van der Waals surface area (Å²) >= 11 is 0. The van der Waals surface area contributed by atoms with Gasteiger partial charge in [0.25, 0.3) is 5.91 Å². The summed E-state index contributed by atoms with van der Waals surface area (Å²) in [7, 11) is 3.59. The van der Waals surface area contributed by atoms with Crippen LogP contribution in [0.15, 0.2) is 18.3 Å². The first kappa shape index (κ1) is 12.8. The maximum absolute atomic E-state index is 11.6. The first-order chi connectivity index (χ1) is 8.76. The lowest BCUT2D eigenvalue weighted by Gasteiger charge is -2.26. The Balaban J connectivity index is 2.19. The number of rotatable bonds is 4. The van der Waals surface area contributed by atoms with E-state index in [0.29, 0.717) is 11.7 Å². The fourth-order valence-electron chi connectivity index (χ4n) is 2.47. The van der Waals surface area contributed by atoms with Crippen LogP contribution in [0.5, 0.6) is 0 Å². The Hall–Kier alpha value is -1.62. The van der Waals surface area contributed by atoms with Crippen molar-refractivity contribution in [1.82, 2.24) is 15.6 Å². The lowest BCUT2D eigenvalue weighted by molar-refractivity contribution is 0.0958. The molecule has 5 nitrogen and oxygen atoms in total. The van der Waals surface area contributed by atoms with Crippen LogP contribution < -0.4 is 15.5 Å². The molecule has 1 aliphatic heterocycles. The van der Waals surface area contributed by atoms with E-state index in [9.17, 15) is 4.79 Å². The highest BCUT2D eigenvalue weighted by molar-refractivity contribution is 5.92. The van der Waals surface area contributed by atoms with E-state index < -0.39 is 0 Å². The Morgan fingerprint density at radius 1 is 1.56 bits per heavy atom. The van der Waals surface area contributed by atoms with Crippen molar-refractivity contribution >= 4 is 11.6 Å². The summed E-state index contributed by atoms with van der Waals surface area (Å²) in [5, 5.41) is 5.82. The monoisotopic (exact) mass is 248 g/mol. The minimum Gasteiger partial charge on any atom is -0.367 e. The molecule has 1 saturated heterocycles. The lowest BCUT2D eigenvalue weighted by Crippen LogP contribution is -2.37. The Bertz CT molecular complexity index is 421. The lowest BCUT2D eigenvalue weighted by atomic mass is 10.2. The Labute approximate surface area is 108 Å². The third-order valence-corrected chi connectivity index (χ3v) is 3.35. The van der Waals surface area contributed by atoms with Gasteiger partial charge in [0.1, 0.15) is 5.69 Å². The van der Waals surface area contributed by atoms with Gasteiger partial charge in [-0.25, -0.2) is 0 Å². The van der Waals surface area contributed by atoms with Gasteiger partial charge in [0, 0.05) is 38.1 Å². The molecule has 0 aromatic carbocycles. The third kappa shape index (κ3) is 2.61. The molecule has 0 spiro atoms. The van der Waals surface area contributed by atoms with Crippen LogP contribution in [0.25, 0.3) is 0 Å². The van der Waals surface area contributed by atoms with E-state index in [1.807, 2.05) is 19.2 Å². The van der Waals surface area contributed by atoms with E-state index in [2.05, 4.69) is 20.5 Å². The van der Waals surface area contributed by atoms with Crippen molar-refractivity contribution in [2.24, 2.45) is 0 Å². The van der Waals surface area contributed by atoms with Crippen LogP contribution in [0.4, 0.5) is 5.69 Å². The van der Waals surface area contributed by atoms with Crippen LogP contribution in [-0.2, 0) is 0 Å². The molecular weight excluding hydrogens is 228 g/mol. The van der Waals surface area contributed by atoms with E-state index in [0.717, 1.165) is 18.8 Å². The van der Waals surface area contributed by atoms with Crippen molar-refractivity contribution in [3.8, 4) is 0 Å². The number of nitrogens with zero attached hydrogens (tertiary/aromatic N) is 2. The Kier molecular flexibility index (Phi) is 4.15. The van der Waals surface area contributed by atoms with Gasteiger partial charge in [-0.15, -0.1) is 0 Å². The van der Waals surface area contributed by atoms with Crippen molar-refractivity contribution in [2.45, 2.75) is 18.9 Å². The molecule has 0 aliphatic carbocycles. The number of nitrogens with one attached hydrogen (secondary N) is 2. The zero-order valence-electron chi connectivity index (χ0n) is 10.9. The molecule has 1 atom stereocenters. The number of anilines is 1. The maximum Gasteiger partial charge on any atom is 0.269 e. The molecular formula is C13H20N4O. The molecule has 1 aliphatic rings. The molecule has 1 fully saturated rings. The minimum atomic E-state index is -0.138. The van der Waals surface area contributed by atoms with E-state index in [4.69, 9.17) is 0 Å². The first-order valence-electron chi connectivity index (χ1n) is 6.35. The van der Waals surface area contributed by atoms with Gasteiger partial charge in [-0.1, -0.05) is 0 Å². The van der Waals surface area contributed by atoms with E-state index in [1.54, 1.807) is 13.2 Å². The third-order valence-electron chi connectivity index (χ3n) is 3.35. The van der Waals surface area contributed by atoms with Crippen LogP contribution in [0.2, 0.25) is 0 Å². The van der Waals surface area contributed by atoms with Gasteiger partial charge in [-0.2, -0.15) is 0 Å². The molecule has 18 heavy (non-hydrogen) atoms. The summed E-state index contributed by atoms with van der Waals surface area (Å²) in [6, 6.07) is 4.35. The normalized spacial score (nSPS) is 19.0. The molecule has 0 saturated carbocycles. The summed E-state index contributed by atoms with van der Waals surface area (Å²) in [5.74, 6) is -0.138. The molecule has 5 heteroatoms. The topological polar surface area (TPSA) is 57.3 Å². The molecule has 98 valence electrons. The highest BCUT2D eigenvalue weighted by atomic mass is 16.1. The van der Waals surface area contributed by atoms with Gasteiger partial charge in [0.15, 0.2) is 0 Å². The summed E-state index contributed by atoms with van der Waals surface area (Å²) in [6.45, 7) is 2.02. The van der Waals surface area contributed by atoms with Crippen LogP contribution in [0.3, 0.4) is 0 Å². The van der Waals surface area contributed by atoms with Gasteiger partial charge in [0.2, 0.25) is 0 Å². The number of likely N-dealkylation sites (N-methyl/N-ethyl adjacent to an activating group) is 1. The second-order valence-corrected chi connectivity index (χ2v) is 4.53. The van der Waals surface area contributed by atoms with Crippen molar-refractivity contribution in [2.75, 3.05) is 32.1 Å². The second kappa shape index (κ2) is 5.82. The number of pyridine rings is 1. The number of hydrogen-bond donors (Lipinski definition) is 2. The molecule has 2 heterocycles. The summed E-state index contributed by atoms with van der Waals surface area (Å²) < 4.78 is 0. The van der Waals surface area contributed by atoms with Crippen molar-refractivity contribution in [1.29, 1.82) is 0 Å². The highest BCUT2D eigenvalue weighted by Crippen LogP contribution is 2.25. The van der Waals surface area contributed by atoms with Crippen LogP contribution in [0.1, 0.15) is 23.3 Å². The molecule has 0 radical (unpaired) electrons. The predicted octanol–water partition coefficient (Wildman–Crippen LogP) is 0.629. The standard InChI is InChI=1S/C13H20N4O/c1-14-9-11-4-3-7-17(11)10-5-6-16-12(8-10)13(18)15-2/h5-6,8,11,14H,3-4,7,9H2,1-2H3,(H,15,18). The maximum atomic E-state index is 11.6. The smallest absolute Gasteiger partial charge is 0.269 e. The van der Waals surface area contributed by atoms with Gasteiger partial charge >= 0.3 is 0 Å². The average molecular weight is 248 g/mol. The van der Waals surface area contributed by atoms with E-state index in [1.165, 1.54) is 12.8 Å². The molecule has 1 amide bonds. The van der Waals surface area contributed by atoms with E-state index >= 15 is 0 Å².